The van der Waals surface area contributed by atoms with Gasteiger partial charge in [0.15, 0.2) is 0 Å². The third-order valence-electron chi connectivity index (χ3n) is 6.99. The number of carbonyl (C=O) groups is 1. The van der Waals surface area contributed by atoms with Crippen LogP contribution in [0.2, 0.25) is 5.02 Å². The second kappa shape index (κ2) is 11.6. The fraction of sp³-hybridized carbons (Fsp3) is 0.345. The molecule has 0 saturated carbocycles. The van der Waals surface area contributed by atoms with Crippen LogP contribution in [0.5, 0.6) is 0 Å². The van der Waals surface area contributed by atoms with Gasteiger partial charge in [0.25, 0.3) is 10.0 Å². The van der Waals surface area contributed by atoms with Crippen molar-refractivity contribution in [3.05, 3.63) is 88.9 Å². The third-order valence-corrected chi connectivity index (χ3v) is 9.02. The quantitative estimate of drug-likeness (QED) is 0.383. The summed E-state index contributed by atoms with van der Waals surface area (Å²) in [5.74, 6) is 0.385. The lowest BCUT2D eigenvalue weighted by Gasteiger charge is -2.32. The van der Waals surface area contributed by atoms with E-state index < -0.39 is 10.0 Å². The van der Waals surface area contributed by atoms with Crippen LogP contribution in [0, 0.1) is 12.8 Å². The summed E-state index contributed by atoms with van der Waals surface area (Å²) in [7, 11) is -4.00. The smallest absolute Gasteiger partial charge is 0.264 e. The molecule has 1 fully saturated rings. The van der Waals surface area contributed by atoms with Crippen LogP contribution >= 0.6 is 11.6 Å². The molecule has 3 aromatic carbocycles. The lowest BCUT2D eigenvalue weighted by molar-refractivity contribution is -0.120. The Hall–Kier alpha value is -3.03. The Kier molecular flexibility index (Phi) is 8.45. The highest BCUT2D eigenvalue weighted by atomic mass is 35.5. The molecule has 1 aliphatic rings. The van der Waals surface area contributed by atoms with Gasteiger partial charge in [-0.05, 0) is 86.2 Å². The molecule has 8 heteroatoms. The number of aryl methyl sites for hydroxylation is 1. The summed E-state index contributed by atoms with van der Waals surface area (Å²) >= 11 is 5.97. The van der Waals surface area contributed by atoms with Gasteiger partial charge in [-0.25, -0.2) is 8.42 Å². The molecular formula is C29H34ClN3O3S. The van der Waals surface area contributed by atoms with Crippen molar-refractivity contribution in [1.82, 2.24) is 5.32 Å². The van der Waals surface area contributed by atoms with E-state index >= 15 is 0 Å². The van der Waals surface area contributed by atoms with Crippen molar-refractivity contribution in [3.63, 3.8) is 0 Å². The summed E-state index contributed by atoms with van der Waals surface area (Å²) < 4.78 is 28.3. The summed E-state index contributed by atoms with van der Waals surface area (Å²) in [5, 5.41) is 3.41. The number of hydrogen-bond donors (Lipinski definition) is 1. The normalized spacial score (nSPS) is 15.3. The number of halogens is 1. The maximum Gasteiger partial charge on any atom is 0.264 e. The Balaban J connectivity index is 1.50. The van der Waals surface area contributed by atoms with E-state index in [1.165, 1.54) is 42.8 Å². The molecule has 3 aromatic rings. The molecule has 0 aromatic heterocycles. The first-order chi connectivity index (χ1) is 17.6. The number of sulfonamides is 1. The zero-order chi connectivity index (χ0) is 26.6. The van der Waals surface area contributed by atoms with Gasteiger partial charge in [-0.2, -0.15) is 0 Å². The maximum absolute atomic E-state index is 13.6. The SMILES string of the molecule is Cc1ccccc1N(CC(=O)NC(C)c1ccc(N2CCC(C)CC2)cc1)S(=O)(=O)c1ccc(Cl)cc1. The van der Waals surface area contributed by atoms with Crippen LogP contribution in [0.15, 0.2) is 77.7 Å². The van der Waals surface area contributed by atoms with Crippen molar-refractivity contribution in [2.75, 3.05) is 28.8 Å². The number of para-hydroxylation sites is 1. The van der Waals surface area contributed by atoms with E-state index in [4.69, 9.17) is 11.6 Å². The molecule has 1 saturated heterocycles. The van der Waals surface area contributed by atoms with E-state index in [1.807, 2.05) is 38.1 Å². The van der Waals surface area contributed by atoms with Gasteiger partial charge in [-0.3, -0.25) is 9.10 Å². The minimum Gasteiger partial charge on any atom is -0.372 e. The Morgan fingerprint density at radius 3 is 2.27 bits per heavy atom. The first-order valence-corrected chi connectivity index (χ1v) is 14.4. The molecule has 1 N–H and O–H groups in total. The minimum absolute atomic E-state index is 0.0729. The van der Waals surface area contributed by atoms with Crippen molar-refractivity contribution < 1.29 is 13.2 Å². The van der Waals surface area contributed by atoms with Crippen molar-refractivity contribution in [2.24, 2.45) is 5.92 Å². The average Bonchev–Trinajstić information content (AvgIpc) is 2.88. The van der Waals surface area contributed by atoms with E-state index in [1.54, 1.807) is 12.1 Å². The van der Waals surface area contributed by atoms with Crippen molar-refractivity contribution >= 4 is 38.9 Å². The Morgan fingerprint density at radius 2 is 1.65 bits per heavy atom. The molecule has 0 aliphatic carbocycles. The topological polar surface area (TPSA) is 69.7 Å². The molecule has 1 amide bonds. The highest BCUT2D eigenvalue weighted by Crippen LogP contribution is 2.28. The second-order valence-corrected chi connectivity index (χ2v) is 12.1. The van der Waals surface area contributed by atoms with E-state index in [-0.39, 0.29) is 23.4 Å². The first-order valence-electron chi connectivity index (χ1n) is 12.6. The summed E-state index contributed by atoms with van der Waals surface area (Å²) in [6, 6.07) is 21.1. The standard InChI is InChI=1S/C29H34ClN3O3S/c1-21-16-18-32(19-17-21)26-12-8-24(9-13-26)23(3)31-29(34)20-33(28-7-5-4-6-22(28)2)37(35,36)27-14-10-25(30)11-15-27/h4-15,21,23H,16-20H2,1-3H3,(H,31,34). The summed E-state index contributed by atoms with van der Waals surface area (Å²) in [6.45, 7) is 7.80. The molecule has 6 nitrogen and oxygen atoms in total. The molecule has 0 spiro atoms. The fourth-order valence-electron chi connectivity index (χ4n) is 4.62. The van der Waals surface area contributed by atoms with Crippen LogP contribution in [-0.2, 0) is 14.8 Å². The number of nitrogens with one attached hydrogen (secondary N) is 1. The minimum atomic E-state index is -4.00. The number of piperidine rings is 1. The van der Waals surface area contributed by atoms with Gasteiger partial charge in [-0.1, -0.05) is 48.9 Å². The van der Waals surface area contributed by atoms with E-state index in [9.17, 15) is 13.2 Å². The number of carbonyl (C=O) groups excluding carboxylic acids is 1. The highest BCUT2D eigenvalue weighted by molar-refractivity contribution is 7.92. The summed E-state index contributed by atoms with van der Waals surface area (Å²) in [5.41, 5.74) is 3.36. The van der Waals surface area contributed by atoms with Crippen LogP contribution in [0.1, 0.15) is 43.9 Å². The number of benzene rings is 3. The number of nitrogens with zero attached hydrogens (tertiary/aromatic N) is 2. The zero-order valence-corrected chi connectivity index (χ0v) is 23.1. The molecule has 0 radical (unpaired) electrons. The van der Waals surface area contributed by atoms with Crippen LogP contribution in [0.25, 0.3) is 0 Å². The first kappa shape index (κ1) is 27.0. The lowest BCUT2D eigenvalue weighted by Crippen LogP contribution is -2.41. The molecule has 196 valence electrons. The Morgan fingerprint density at radius 1 is 1.03 bits per heavy atom. The molecule has 1 atom stereocenters. The number of rotatable bonds is 8. The molecule has 0 bridgehead atoms. The molecule has 1 unspecified atom stereocenters. The lowest BCUT2D eigenvalue weighted by atomic mass is 9.98. The van der Waals surface area contributed by atoms with Gasteiger partial charge in [0.05, 0.1) is 16.6 Å². The van der Waals surface area contributed by atoms with Gasteiger partial charge >= 0.3 is 0 Å². The monoisotopic (exact) mass is 539 g/mol. The maximum atomic E-state index is 13.6. The molecule has 37 heavy (non-hydrogen) atoms. The largest absolute Gasteiger partial charge is 0.372 e. The van der Waals surface area contributed by atoms with Gasteiger partial charge in [0.2, 0.25) is 5.91 Å². The molecule has 4 rings (SSSR count). The fourth-order valence-corrected chi connectivity index (χ4v) is 6.23. The molecule has 1 heterocycles. The number of hydrogen-bond acceptors (Lipinski definition) is 4. The van der Waals surface area contributed by atoms with E-state index in [0.717, 1.165) is 34.4 Å². The van der Waals surface area contributed by atoms with Crippen LogP contribution < -0.4 is 14.5 Å². The third kappa shape index (κ3) is 6.46. The molecule has 1 aliphatic heterocycles. The summed E-state index contributed by atoms with van der Waals surface area (Å²) in [6.07, 6.45) is 2.40. The van der Waals surface area contributed by atoms with Crippen molar-refractivity contribution in [1.29, 1.82) is 0 Å². The van der Waals surface area contributed by atoms with E-state index in [0.29, 0.717) is 10.7 Å². The van der Waals surface area contributed by atoms with E-state index in [2.05, 4.69) is 29.3 Å². The van der Waals surface area contributed by atoms with Crippen LogP contribution in [0.4, 0.5) is 11.4 Å². The van der Waals surface area contributed by atoms with Crippen molar-refractivity contribution in [2.45, 2.75) is 44.6 Å². The predicted molar refractivity (Wildman–Crippen MR) is 151 cm³/mol. The number of anilines is 2. The zero-order valence-electron chi connectivity index (χ0n) is 21.5. The van der Waals surface area contributed by atoms with Crippen LogP contribution in [-0.4, -0.2) is 34.0 Å². The van der Waals surface area contributed by atoms with Gasteiger partial charge in [0, 0.05) is 23.8 Å². The Labute approximate surface area is 225 Å². The highest BCUT2D eigenvalue weighted by Gasteiger charge is 2.28. The van der Waals surface area contributed by atoms with Crippen molar-refractivity contribution in [3.8, 4) is 0 Å². The van der Waals surface area contributed by atoms with Gasteiger partial charge < -0.3 is 10.2 Å². The molecular weight excluding hydrogens is 506 g/mol. The van der Waals surface area contributed by atoms with Gasteiger partial charge in [-0.15, -0.1) is 0 Å². The summed E-state index contributed by atoms with van der Waals surface area (Å²) in [4.78, 5) is 15.6. The number of amides is 1. The van der Waals surface area contributed by atoms with Crippen LogP contribution in [0.3, 0.4) is 0 Å². The average molecular weight is 540 g/mol. The van der Waals surface area contributed by atoms with Gasteiger partial charge in [0.1, 0.15) is 6.54 Å². The predicted octanol–water partition coefficient (Wildman–Crippen LogP) is 5.96. The second-order valence-electron chi connectivity index (χ2n) is 9.80. The Bertz CT molecular complexity index is 1320.